The number of benzene rings is 1. The molecule has 1 aromatic carbocycles. The number of hydrogen-bond acceptors (Lipinski definition) is 8. The van der Waals surface area contributed by atoms with Crippen LogP contribution in [0.5, 0.6) is 0 Å². The third-order valence-electron chi connectivity index (χ3n) is 5.04. The Morgan fingerprint density at radius 1 is 1.03 bits per heavy atom. The number of aromatic nitrogens is 6. The number of anilines is 3. The van der Waals surface area contributed by atoms with E-state index in [9.17, 15) is 4.79 Å². The molecule has 1 amide bonds. The second-order valence-electron chi connectivity index (χ2n) is 7.52. The van der Waals surface area contributed by atoms with Crippen molar-refractivity contribution in [2.75, 3.05) is 10.6 Å². The zero-order chi connectivity index (χ0) is 23.5. The molecule has 34 heavy (non-hydrogen) atoms. The van der Waals surface area contributed by atoms with Crippen molar-refractivity contribution in [3.8, 4) is 17.1 Å². The third kappa shape index (κ3) is 4.66. The number of pyridine rings is 1. The lowest BCUT2D eigenvalue weighted by molar-refractivity contribution is 0.102. The number of carbonyl (C=O) groups excluding carboxylic acids is 1. The summed E-state index contributed by atoms with van der Waals surface area (Å²) < 4.78 is 1.76. The van der Waals surface area contributed by atoms with Crippen molar-refractivity contribution in [3.63, 3.8) is 0 Å². The molecule has 4 heterocycles. The van der Waals surface area contributed by atoms with Crippen LogP contribution in [0, 0.1) is 13.8 Å². The Morgan fingerprint density at radius 3 is 2.74 bits per heavy atom. The van der Waals surface area contributed by atoms with Gasteiger partial charge in [-0.1, -0.05) is 6.07 Å². The zero-order valence-electron chi connectivity index (χ0n) is 18.4. The quantitative estimate of drug-likeness (QED) is 0.368. The summed E-state index contributed by atoms with van der Waals surface area (Å²) in [6, 6.07) is 11.0. The largest absolute Gasteiger partial charge is 0.331 e. The van der Waals surface area contributed by atoms with Gasteiger partial charge in [-0.3, -0.25) is 14.3 Å². The highest BCUT2D eigenvalue weighted by molar-refractivity contribution is 7.14. The van der Waals surface area contributed by atoms with E-state index in [0.717, 1.165) is 27.6 Å². The molecule has 0 bridgehead atoms. The van der Waals surface area contributed by atoms with E-state index in [1.54, 1.807) is 60.8 Å². The maximum Gasteiger partial charge on any atom is 0.256 e. The highest BCUT2D eigenvalue weighted by atomic mass is 32.1. The van der Waals surface area contributed by atoms with Gasteiger partial charge < -0.3 is 10.6 Å². The Balaban J connectivity index is 1.35. The van der Waals surface area contributed by atoms with E-state index in [2.05, 4.69) is 35.6 Å². The summed E-state index contributed by atoms with van der Waals surface area (Å²) in [5.74, 6) is 1.31. The summed E-state index contributed by atoms with van der Waals surface area (Å²) in [4.78, 5) is 34.6. The van der Waals surface area contributed by atoms with Crippen molar-refractivity contribution in [3.05, 3.63) is 89.8 Å². The molecule has 0 atom stereocenters. The molecule has 2 N–H and O–H groups in total. The van der Waals surface area contributed by atoms with Crippen LogP contribution in [-0.2, 0) is 0 Å². The maximum absolute atomic E-state index is 13.0. The molecule has 0 aliphatic rings. The van der Waals surface area contributed by atoms with E-state index in [-0.39, 0.29) is 5.91 Å². The van der Waals surface area contributed by atoms with Crippen molar-refractivity contribution in [1.29, 1.82) is 0 Å². The fourth-order valence-corrected chi connectivity index (χ4v) is 4.05. The molecule has 0 unspecified atom stereocenters. The average molecular weight is 469 g/mol. The second kappa shape index (κ2) is 9.20. The van der Waals surface area contributed by atoms with Gasteiger partial charge in [0.1, 0.15) is 23.8 Å². The maximum atomic E-state index is 13.0. The number of hydrogen-bond donors (Lipinski definition) is 2. The highest BCUT2D eigenvalue weighted by Crippen LogP contribution is 2.28. The van der Waals surface area contributed by atoms with Crippen molar-refractivity contribution in [2.45, 2.75) is 13.8 Å². The van der Waals surface area contributed by atoms with Crippen LogP contribution >= 0.6 is 11.3 Å². The van der Waals surface area contributed by atoms with Gasteiger partial charge in [-0.05, 0) is 43.7 Å². The first kappa shape index (κ1) is 21.4. The lowest BCUT2D eigenvalue weighted by Gasteiger charge is -2.11. The molecule has 168 valence electrons. The molecule has 5 rings (SSSR count). The number of carbonyl (C=O) groups is 1. The molecule has 0 saturated carbocycles. The van der Waals surface area contributed by atoms with Crippen LogP contribution in [0.15, 0.2) is 72.9 Å². The van der Waals surface area contributed by atoms with Gasteiger partial charge in [-0.25, -0.2) is 19.9 Å². The zero-order valence-corrected chi connectivity index (χ0v) is 19.2. The summed E-state index contributed by atoms with van der Waals surface area (Å²) in [5, 5.41) is 8.90. The number of imidazole rings is 1. The van der Waals surface area contributed by atoms with E-state index in [1.165, 1.54) is 11.3 Å². The molecule has 10 heteroatoms. The number of nitrogens with zero attached hydrogens (tertiary/aromatic N) is 6. The van der Waals surface area contributed by atoms with Crippen LogP contribution in [0.25, 0.3) is 17.1 Å². The Morgan fingerprint density at radius 2 is 1.94 bits per heavy atom. The van der Waals surface area contributed by atoms with Crippen LogP contribution in [0.4, 0.5) is 16.6 Å². The number of rotatable bonds is 6. The topological polar surface area (TPSA) is 111 Å². The fraction of sp³-hybridized carbons (Fsp3) is 0.0833. The van der Waals surface area contributed by atoms with Gasteiger partial charge in [0.05, 0.1) is 5.69 Å². The van der Waals surface area contributed by atoms with Crippen molar-refractivity contribution >= 4 is 33.9 Å². The third-order valence-corrected chi connectivity index (χ3v) is 5.80. The minimum absolute atomic E-state index is 0.270. The standard InChI is InChI=1S/C24H20N8OS/c1-15-5-6-17(10-19(15)29-24-30-20(13-34-24)18-4-3-7-25-12-18)23(33)31-21-11-22(28-16(2)27-21)32-9-8-26-14-32/h3-14H,1-2H3,(H,29,30)(H,27,28,31,33). The summed E-state index contributed by atoms with van der Waals surface area (Å²) in [7, 11) is 0. The smallest absolute Gasteiger partial charge is 0.256 e. The molecule has 5 aromatic rings. The molecule has 0 aliphatic heterocycles. The van der Waals surface area contributed by atoms with E-state index in [1.807, 2.05) is 30.5 Å². The van der Waals surface area contributed by atoms with E-state index in [0.29, 0.717) is 23.0 Å². The highest BCUT2D eigenvalue weighted by Gasteiger charge is 2.13. The molecule has 4 aromatic heterocycles. The Kier molecular flexibility index (Phi) is 5.79. The molecule has 0 radical (unpaired) electrons. The van der Waals surface area contributed by atoms with Crippen LogP contribution in [0.3, 0.4) is 0 Å². The number of amides is 1. The predicted octanol–water partition coefficient (Wildman–Crippen LogP) is 4.79. The van der Waals surface area contributed by atoms with Gasteiger partial charge in [-0.15, -0.1) is 11.3 Å². The Labute approximate surface area is 199 Å². The Hall–Kier alpha value is -4.44. The van der Waals surface area contributed by atoms with Gasteiger partial charge in [0.25, 0.3) is 5.91 Å². The van der Waals surface area contributed by atoms with Gasteiger partial charge in [0.2, 0.25) is 0 Å². The van der Waals surface area contributed by atoms with E-state index < -0.39 is 0 Å². The molecule has 0 aliphatic carbocycles. The average Bonchev–Trinajstić information content (AvgIpc) is 3.53. The number of aryl methyl sites for hydroxylation is 2. The summed E-state index contributed by atoms with van der Waals surface area (Å²) in [6.45, 7) is 3.75. The summed E-state index contributed by atoms with van der Waals surface area (Å²) >= 11 is 1.49. The molecular weight excluding hydrogens is 448 g/mol. The molecular formula is C24H20N8OS. The summed E-state index contributed by atoms with van der Waals surface area (Å²) in [5.41, 5.74) is 4.09. The minimum Gasteiger partial charge on any atom is -0.331 e. The van der Waals surface area contributed by atoms with Crippen LogP contribution in [0.1, 0.15) is 21.7 Å². The lowest BCUT2D eigenvalue weighted by atomic mass is 10.1. The van der Waals surface area contributed by atoms with Crippen molar-refractivity contribution < 1.29 is 4.79 Å². The molecule has 0 spiro atoms. The number of nitrogens with one attached hydrogen (secondary N) is 2. The first-order chi connectivity index (χ1) is 16.5. The lowest BCUT2D eigenvalue weighted by Crippen LogP contribution is -2.14. The fourth-order valence-electron chi connectivity index (χ4n) is 3.32. The van der Waals surface area contributed by atoms with Gasteiger partial charge in [-0.2, -0.15) is 0 Å². The van der Waals surface area contributed by atoms with Gasteiger partial charge in [0, 0.05) is 53.0 Å². The molecule has 0 saturated heterocycles. The van der Waals surface area contributed by atoms with Gasteiger partial charge >= 0.3 is 0 Å². The van der Waals surface area contributed by atoms with Crippen LogP contribution < -0.4 is 10.6 Å². The predicted molar refractivity (Wildman–Crippen MR) is 132 cm³/mol. The van der Waals surface area contributed by atoms with Crippen LogP contribution in [-0.4, -0.2) is 35.4 Å². The van der Waals surface area contributed by atoms with Gasteiger partial charge in [0.15, 0.2) is 5.13 Å². The normalized spacial score (nSPS) is 10.8. The SMILES string of the molecule is Cc1nc(NC(=O)c2ccc(C)c(Nc3nc(-c4cccnc4)cs3)c2)cc(-n2ccnc2)n1. The van der Waals surface area contributed by atoms with Crippen LogP contribution in [0.2, 0.25) is 0 Å². The van der Waals surface area contributed by atoms with E-state index >= 15 is 0 Å². The first-order valence-corrected chi connectivity index (χ1v) is 11.3. The molecule has 0 fully saturated rings. The molecule has 9 nitrogen and oxygen atoms in total. The second-order valence-corrected chi connectivity index (χ2v) is 8.38. The van der Waals surface area contributed by atoms with E-state index in [4.69, 9.17) is 0 Å². The van der Waals surface area contributed by atoms with Crippen molar-refractivity contribution in [1.82, 2.24) is 29.5 Å². The Bertz CT molecular complexity index is 1450. The van der Waals surface area contributed by atoms with Crippen molar-refractivity contribution in [2.24, 2.45) is 0 Å². The monoisotopic (exact) mass is 468 g/mol. The number of thiazole rings is 1. The first-order valence-electron chi connectivity index (χ1n) is 10.4. The summed E-state index contributed by atoms with van der Waals surface area (Å²) in [6.07, 6.45) is 8.60. The minimum atomic E-state index is -0.270.